The number of nitrogens with one attached hydrogen (secondary N) is 1. The molecule has 0 saturated carbocycles. The molecule has 0 fully saturated rings. The predicted molar refractivity (Wildman–Crippen MR) is 65.7 cm³/mol. The second-order valence-corrected chi connectivity index (χ2v) is 4.06. The minimum Gasteiger partial charge on any atom is -0.408 e. The molecule has 3 rings (SSSR count). The number of aromatic nitrogens is 2. The zero-order chi connectivity index (χ0) is 12.7. The average Bonchev–Trinajstić information content (AvgIpc) is 2.91. The quantitative estimate of drug-likeness (QED) is 0.695. The summed E-state index contributed by atoms with van der Waals surface area (Å²) in [6.45, 7) is 0. The van der Waals surface area contributed by atoms with Crippen LogP contribution < -0.4 is 5.76 Å². The summed E-state index contributed by atoms with van der Waals surface area (Å²) in [4.78, 5) is 25.8. The van der Waals surface area contributed by atoms with Crippen LogP contribution in [0.25, 0.3) is 11.1 Å². The Morgan fingerprint density at radius 3 is 2.89 bits per heavy atom. The van der Waals surface area contributed by atoms with Gasteiger partial charge in [-0.15, -0.1) is 0 Å². The Balaban J connectivity index is 2.12. The average molecular weight is 242 g/mol. The van der Waals surface area contributed by atoms with Gasteiger partial charge >= 0.3 is 5.76 Å². The Morgan fingerprint density at radius 1 is 1.33 bits per heavy atom. The molecule has 0 spiro atoms. The first kappa shape index (κ1) is 10.6. The summed E-state index contributed by atoms with van der Waals surface area (Å²) < 4.78 is 6.69. The lowest BCUT2D eigenvalue weighted by Crippen LogP contribution is -2.06. The SMILES string of the molecule is Cn1cccc1C(=O)c1ccc2[nH]c(=O)oc2c1. The van der Waals surface area contributed by atoms with E-state index >= 15 is 0 Å². The monoisotopic (exact) mass is 242 g/mol. The van der Waals surface area contributed by atoms with Gasteiger partial charge in [-0.1, -0.05) is 0 Å². The highest BCUT2D eigenvalue weighted by Gasteiger charge is 2.13. The van der Waals surface area contributed by atoms with Crippen molar-refractivity contribution in [2.45, 2.75) is 0 Å². The number of aromatic amines is 1. The van der Waals surface area contributed by atoms with E-state index in [1.807, 2.05) is 19.3 Å². The third kappa shape index (κ3) is 1.57. The van der Waals surface area contributed by atoms with Gasteiger partial charge in [0.05, 0.1) is 11.2 Å². The van der Waals surface area contributed by atoms with Crippen LogP contribution in [0.3, 0.4) is 0 Å². The molecule has 2 aromatic heterocycles. The number of rotatable bonds is 2. The van der Waals surface area contributed by atoms with Crippen molar-refractivity contribution in [3.05, 3.63) is 58.3 Å². The van der Waals surface area contributed by atoms with Crippen molar-refractivity contribution in [3.8, 4) is 0 Å². The molecular weight excluding hydrogens is 232 g/mol. The number of fused-ring (bicyclic) bond motifs is 1. The lowest BCUT2D eigenvalue weighted by atomic mass is 10.1. The van der Waals surface area contributed by atoms with E-state index in [1.54, 1.807) is 28.8 Å². The molecule has 5 heteroatoms. The molecule has 0 saturated heterocycles. The van der Waals surface area contributed by atoms with Gasteiger partial charge in [-0.3, -0.25) is 9.78 Å². The van der Waals surface area contributed by atoms with Gasteiger partial charge in [0, 0.05) is 18.8 Å². The van der Waals surface area contributed by atoms with Gasteiger partial charge in [-0.05, 0) is 30.3 Å². The minimum atomic E-state index is -0.520. The first-order valence-corrected chi connectivity index (χ1v) is 5.44. The summed E-state index contributed by atoms with van der Waals surface area (Å²) in [5.41, 5.74) is 2.06. The first-order chi connectivity index (χ1) is 8.65. The van der Waals surface area contributed by atoms with Gasteiger partial charge in [-0.25, -0.2) is 4.79 Å². The van der Waals surface area contributed by atoms with Gasteiger partial charge in [0.2, 0.25) is 5.78 Å². The van der Waals surface area contributed by atoms with E-state index in [-0.39, 0.29) is 5.78 Å². The fraction of sp³-hybridized carbons (Fsp3) is 0.0769. The molecule has 0 radical (unpaired) electrons. The van der Waals surface area contributed by atoms with Crippen molar-refractivity contribution in [2.24, 2.45) is 7.05 Å². The molecule has 0 unspecified atom stereocenters. The standard InChI is InChI=1S/C13H10N2O3/c1-15-6-2-3-10(15)12(16)8-4-5-9-11(7-8)18-13(17)14-9/h2-7H,1H3,(H,14,17). The first-order valence-electron chi connectivity index (χ1n) is 5.44. The molecule has 0 bridgehead atoms. The van der Waals surface area contributed by atoms with Gasteiger partial charge in [0.25, 0.3) is 0 Å². The highest BCUT2D eigenvalue weighted by Crippen LogP contribution is 2.16. The van der Waals surface area contributed by atoms with Crippen LogP contribution in [0.5, 0.6) is 0 Å². The number of benzene rings is 1. The predicted octanol–water partition coefficient (Wildman–Crippen LogP) is 1.69. The summed E-state index contributed by atoms with van der Waals surface area (Å²) in [5.74, 6) is -0.623. The Hall–Kier alpha value is -2.56. The largest absolute Gasteiger partial charge is 0.417 e. The third-order valence-electron chi connectivity index (χ3n) is 2.86. The van der Waals surface area contributed by atoms with Crippen LogP contribution in [0.1, 0.15) is 16.1 Å². The number of carbonyl (C=O) groups excluding carboxylic acids is 1. The normalized spacial score (nSPS) is 10.9. The van der Waals surface area contributed by atoms with Gasteiger partial charge in [0.15, 0.2) is 5.58 Å². The maximum Gasteiger partial charge on any atom is 0.417 e. The number of oxazole rings is 1. The maximum absolute atomic E-state index is 12.2. The van der Waals surface area contributed by atoms with E-state index in [0.29, 0.717) is 22.4 Å². The molecule has 0 aliphatic rings. The Kier molecular flexibility index (Phi) is 2.19. The lowest BCUT2D eigenvalue weighted by molar-refractivity contribution is 0.103. The molecule has 1 aromatic carbocycles. The Labute approximate surface area is 102 Å². The number of hydrogen-bond donors (Lipinski definition) is 1. The van der Waals surface area contributed by atoms with E-state index in [2.05, 4.69) is 4.98 Å². The highest BCUT2D eigenvalue weighted by atomic mass is 16.4. The van der Waals surface area contributed by atoms with Crippen LogP contribution in [0.4, 0.5) is 0 Å². The van der Waals surface area contributed by atoms with Crippen LogP contribution >= 0.6 is 0 Å². The van der Waals surface area contributed by atoms with E-state index in [4.69, 9.17) is 4.42 Å². The van der Waals surface area contributed by atoms with E-state index in [0.717, 1.165) is 0 Å². The molecule has 0 atom stereocenters. The van der Waals surface area contributed by atoms with Crippen molar-refractivity contribution < 1.29 is 9.21 Å². The summed E-state index contributed by atoms with van der Waals surface area (Å²) in [6.07, 6.45) is 1.81. The van der Waals surface area contributed by atoms with Crippen molar-refractivity contribution in [2.75, 3.05) is 0 Å². The van der Waals surface area contributed by atoms with Crippen LogP contribution in [0, 0.1) is 0 Å². The number of nitrogens with zero attached hydrogens (tertiary/aromatic N) is 1. The summed E-state index contributed by atoms with van der Waals surface area (Å²) in [7, 11) is 1.81. The third-order valence-corrected chi connectivity index (χ3v) is 2.86. The van der Waals surface area contributed by atoms with Gasteiger partial charge < -0.3 is 8.98 Å². The fourth-order valence-electron chi connectivity index (χ4n) is 1.93. The topological polar surface area (TPSA) is 68.0 Å². The van der Waals surface area contributed by atoms with Crippen LogP contribution in [0.2, 0.25) is 0 Å². The molecule has 3 aromatic rings. The van der Waals surface area contributed by atoms with Crippen molar-refractivity contribution in [1.29, 1.82) is 0 Å². The number of ketones is 1. The van der Waals surface area contributed by atoms with Crippen LogP contribution in [-0.4, -0.2) is 15.3 Å². The molecule has 2 heterocycles. The van der Waals surface area contributed by atoms with E-state index < -0.39 is 5.76 Å². The van der Waals surface area contributed by atoms with E-state index in [1.165, 1.54) is 0 Å². The smallest absolute Gasteiger partial charge is 0.408 e. The number of aryl methyl sites for hydroxylation is 1. The van der Waals surface area contributed by atoms with Crippen molar-refractivity contribution in [1.82, 2.24) is 9.55 Å². The molecule has 0 aliphatic heterocycles. The fourth-order valence-corrected chi connectivity index (χ4v) is 1.93. The highest BCUT2D eigenvalue weighted by molar-refractivity contribution is 6.09. The van der Waals surface area contributed by atoms with Crippen LogP contribution in [0.15, 0.2) is 45.7 Å². The second-order valence-electron chi connectivity index (χ2n) is 4.06. The molecule has 0 aliphatic carbocycles. The molecule has 1 N–H and O–H groups in total. The summed E-state index contributed by atoms with van der Waals surface area (Å²) in [5, 5.41) is 0. The van der Waals surface area contributed by atoms with Crippen molar-refractivity contribution in [3.63, 3.8) is 0 Å². The zero-order valence-electron chi connectivity index (χ0n) is 9.64. The molecule has 90 valence electrons. The minimum absolute atomic E-state index is 0.103. The number of hydrogen-bond acceptors (Lipinski definition) is 3. The molecule has 5 nitrogen and oxygen atoms in total. The van der Waals surface area contributed by atoms with E-state index in [9.17, 15) is 9.59 Å². The summed E-state index contributed by atoms with van der Waals surface area (Å²) in [6, 6.07) is 8.46. The molecule has 0 amide bonds. The Bertz CT molecular complexity index is 792. The summed E-state index contributed by atoms with van der Waals surface area (Å²) >= 11 is 0. The van der Waals surface area contributed by atoms with Gasteiger partial charge in [0.1, 0.15) is 0 Å². The lowest BCUT2D eigenvalue weighted by Gasteiger charge is -2.02. The van der Waals surface area contributed by atoms with Crippen molar-refractivity contribution >= 4 is 16.9 Å². The van der Waals surface area contributed by atoms with Crippen LogP contribution in [-0.2, 0) is 7.05 Å². The zero-order valence-corrected chi connectivity index (χ0v) is 9.64. The molecule has 18 heavy (non-hydrogen) atoms. The number of carbonyl (C=O) groups is 1. The Morgan fingerprint density at radius 2 is 2.17 bits per heavy atom. The second kappa shape index (κ2) is 3.73. The molecular formula is C13H10N2O3. The number of H-pyrrole nitrogens is 1. The maximum atomic E-state index is 12.2. The van der Waals surface area contributed by atoms with Gasteiger partial charge in [-0.2, -0.15) is 0 Å².